The van der Waals surface area contributed by atoms with Crippen LogP contribution in [0.3, 0.4) is 0 Å². The average molecular weight is 485 g/mol. The van der Waals surface area contributed by atoms with Crippen LogP contribution in [0.15, 0.2) is 54.9 Å². The number of aromatic nitrogens is 2. The Balaban J connectivity index is 1.29. The van der Waals surface area contributed by atoms with Crippen molar-refractivity contribution in [1.82, 2.24) is 15.3 Å². The predicted octanol–water partition coefficient (Wildman–Crippen LogP) is 5.44. The van der Waals surface area contributed by atoms with Gasteiger partial charge in [-0.05, 0) is 61.6 Å². The van der Waals surface area contributed by atoms with Crippen LogP contribution in [0.2, 0.25) is 0 Å². The van der Waals surface area contributed by atoms with Gasteiger partial charge in [-0.2, -0.15) is 13.2 Å². The van der Waals surface area contributed by atoms with Gasteiger partial charge < -0.3 is 15.0 Å². The molecule has 35 heavy (non-hydrogen) atoms. The van der Waals surface area contributed by atoms with Crippen molar-refractivity contribution >= 4 is 11.7 Å². The number of nitrogens with zero attached hydrogens (tertiary/aromatic N) is 3. The highest BCUT2D eigenvalue weighted by molar-refractivity contribution is 5.79. The molecular weight excluding hydrogens is 457 g/mol. The first-order valence-corrected chi connectivity index (χ1v) is 11.5. The van der Waals surface area contributed by atoms with Gasteiger partial charge in [-0.1, -0.05) is 24.3 Å². The summed E-state index contributed by atoms with van der Waals surface area (Å²) in [6.07, 6.45) is -1.60. The van der Waals surface area contributed by atoms with Gasteiger partial charge >= 0.3 is 6.18 Å². The Morgan fingerprint density at radius 1 is 1.09 bits per heavy atom. The highest BCUT2D eigenvalue weighted by atomic mass is 19.4. The number of anilines is 1. The molecular formula is C26H27F3N4O2. The number of benzene rings is 2. The number of alkyl halides is 3. The molecule has 6 nitrogen and oxygen atoms in total. The highest BCUT2D eigenvalue weighted by Crippen LogP contribution is 2.30. The fourth-order valence-electron chi connectivity index (χ4n) is 4.02. The second kappa shape index (κ2) is 10.3. The molecule has 9 heteroatoms. The minimum absolute atomic E-state index is 0.0915. The molecule has 1 aliphatic heterocycles. The molecule has 1 fully saturated rings. The lowest BCUT2D eigenvalue weighted by Gasteiger charge is -2.32. The summed E-state index contributed by atoms with van der Waals surface area (Å²) in [5.74, 6) is 1.70. The third kappa shape index (κ3) is 6.09. The van der Waals surface area contributed by atoms with E-state index in [1.807, 2.05) is 32.0 Å². The second-order valence-electron chi connectivity index (χ2n) is 8.69. The highest BCUT2D eigenvalue weighted by Gasteiger charge is 2.30. The summed E-state index contributed by atoms with van der Waals surface area (Å²) in [6.45, 7) is 5.52. The Kier molecular flexibility index (Phi) is 7.23. The number of rotatable bonds is 6. The molecule has 1 aromatic heterocycles. The van der Waals surface area contributed by atoms with Crippen molar-refractivity contribution in [3.05, 3.63) is 77.1 Å². The van der Waals surface area contributed by atoms with Crippen LogP contribution in [0, 0.1) is 19.8 Å². The summed E-state index contributed by atoms with van der Waals surface area (Å²) in [7, 11) is 0. The smallest absolute Gasteiger partial charge is 0.416 e. The lowest BCUT2D eigenvalue weighted by molar-refractivity contribution is -0.137. The fourth-order valence-corrected chi connectivity index (χ4v) is 4.02. The van der Waals surface area contributed by atoms with Crippen molar-refractivity contribution in [2.24, 2.45) is 5.92 Å². The summed E-state index contributed by atoms with van der Waals surface area (Å²) in [4.78, 5) is 23.3. The van der Waals surface area contributed by atoms with E-state index in [0.29, 0.717) is 37.4 Å². The summed E-state index contributed by atoms with van der Waals surface area (Å²) in [6, 6.07) is 12.5. The number of amides is 1. The van der Waals surface area contributed by atoms with E-state index in [1.165, 1.54) is 18.5 Å². The van der Waals surface area contributed by atoms with Gasteiger partial charge in [0.15, 0.2) is 0 Å². The van der Waals surface area contributed by atoms with Crippen LogP contribution in [0.4, 0.5) is 19.0 Å². The van der Waals surface area contributed by atoms with Gasteiger partial charge in [0.25, 0.3) is 0 Å². The first-order valence-electron chi connectivity index (χ1n) is 11.5. The number of hydrogen-bond acceptors (Lipinski definition) is 5. The van der Waals surface area contributed by atoms with Crippen molar-refractivity contribution < 1.29 is 22.7 Å². The first kappa shape index (κ1) is 24.5. The summed E-state index contributed by atoms with van der Waals surface area (Å²) in [5, 5.41) is 2.84. The lowest BCUT2D eigenvalue weighted by atomic mass is 9.96. The molecule has 0 spiro atoms. The standard InChI is InChI=1S/C26H27F3N4O2/c1-17-4-3-5-22(18(17)2)35-24-14-23(31-16-32-24)33-12-10-20(11-13-33)25(34)30-15-19-6-8-21(9-7-19)26(27,28)29/h3-9,14,16,20H,10-13,15H2,1-2H3,(H,30,34). The first-order chi connectivity index (χ1) is 16.7. The number of piperidine rings is 1. The van der Waals surface area contributed by atoms with Crippen molar-refractivity contribution in [3.63, 3.8) is 0 Å². The van der Waals surface area contributed by atoms with E-state index >= 15 is 0 Å². The van der Waals surface area contributed by atoms with E-state index in [9.17, 15) is 18.0 Å². The van der Waals surface area contributed by atoms with Gasteiger partial charge in [-0.3, -0.25) is 4.79 Å². The maximum atomic E-state index is 12.7. The number of hydrogen-bond donors (Lipinski definition) is 1. The minimum atomic E-state index is -4.37. The van der Waals surface area contributed by atoms with Crippen LogP contribution in [0.25, 0.3) is 0 Å². The van der Waals surface area contributed by atoms with E-state index in [1.54, 1.807) is 6.07 Å². The third-order valence-corrected chi connectivity index (χ3v) is 6.33. The molecule has 2 aromatic carbocycles. The zero-order valence-corrected chi connectivity index (χ0v) is 19.6. The maximum absolute atomic E-state index is 12.7. The Bertz CT molecular complexity index is 1170. The molecule has 1 N–H and O–H groups in total. The molecule has 0 aliphatic carbocycles. The molecule has 4 rings (SSSR count). The maximum Gasteiger partial charge on any atom is 0.416 e. The van der Waals surface area contributed by atoms with Crippen molar-refractivity contribution in [2.45, 2.75) is 39.4 Å². The van der Waals surface area contributed by atoms with Crippen LogP contribution < -0.4 is 15.0 Å². The molecule has 0 atom stereocenters. The molecule has 0 radical (unpaired) electrons. The predicted molar refractivity (Wildman–Crippen MR) is 126 cm³/mol. The number of halogens is 3. The van der Waals surface area contributed by atoms with Gasteiger partial charge in [0.05, 0.1) is 5.56 Å². The molecule has 1 saturated heterocycles. The number of carbonyl (C=O) groups is 1. The molecule has 184 valence electrons. The topological polar surface area (TPSA) is 67.3 Å². The van der Waals surface area contributed by atoms with E-state index in [-0.39, 0.29) is 18.4 Å². The zero-order valence-electron chi connectivity index (χ0n) is 19.6. The summed E-state index contributed by atoms with van der Waals surface area (Å²) >= 11 is 0. The molecule has 0 saturated carbocycles. The number of carbonyl (C=O) groups excluding carboxylic acids is 1. The van der Waals surface area contributed by atoms with Gasteiger partial charge in [0.2, 0.25) is 11.8 Å². The zero-order chi connectivity index (χ0) is 25.0. The van der Waals surface area contributed by atoms with Crippen molar-refractivity contribution in [1.29, 1.82) is 0 Å². The number of aryl methyl sites for hydroxylation is 1. The van der Waals surface area contributed by atoms with Crippen molar-refractivity contribution in [3.8, 4) is 11.6 Å². The molecule has 3 aromatic rings. The Morgan fingerprint density at radius 2 is 1.80 bits per heavy atom. The van der Waals surface area contributed by atoms with E-state index in [4.69, 9.17) is 4.74 Å². The van der Waals surface area contributed by atoms with E-state index in [2.05, 4.69) is 20.2 Å². The summed E-state index contributed by atoms with van der Waals surface area (Å²) < 4.78 is 44.1. The molecule has 2 heterocycles. The normalized spacial score (nSPS) is 14.6. The van der Waals surface area contributed by atoms with Crippen LogP contribution in [-0.2, 0) is 17.5 Å². The third-order valence-electron chi connectivity index (χ3n) is 6.33. The Hall–Kier alpha value is -3.62. The van der Waals surface area contributed by atoms with Gasteiger partial charge in [0.1, 0.15) is 17.9 Å². The van der Waals surface area contributed by atoms with Gasteiger partial charge in [0, 0.05) is 31.6 Å². The monoisotopic (exact) mass is 484 g/mol. The Labute approximate surface area is 202 Å². The molecule has 1 amide bonds. The Morgan fingerprint density at radius 3 is 2.49 bits per heavy atom. The quantitative estimate of drug-likeness (QED) is 0.505. The second-order valence-corrected chi connectivity index (χ2v) is 8.69. The van der Waals surface area contributed by atoms with Crippen LogP contribution in [0.5, 0.6) is 11.6 Å². The van der Waals surface area contributed by atoms with Gasteiger partial charge in [-0.25, -0.2) is 9.97 Å². The molecule has 1 aliphatic rings. The van der Waals surface area contributed by atoms with E-state index < -0.39 is 11.7 Å². The van der Waals surface area contributed by atoms with Crippen LogP contribution >= 0.6 is 0 Å². The summed E-state index contributed by atoms with van der Waals surface area (Å²) in [5.41, 5.74) is 2.11. The van der Waals surface area contributed by atoms with Crippen molar-refractivity contribution in [2.75, 3.05) is 18.0 Å². The number of nitrogens with one attached hydrogen (secondary N) is 1. The largest absolute Gasteiger partial charge is 0.439 e. The SMILES string of the molecule is Cc1cccc(Oc2cc(N3CCC(C(=O)NCc4ccc(C(F)(F)F)cc4)CC3)ncn2)c1C. The minimum Gasteiger partial charge on any atom is -0.439 e. The average Bonchev–Trinajstić information content (AvgIpc) is 2.85. The fraction of sp³-hybridized carbons (Fsp3) is 0.346. The number of ether oxygens (including phenoxy) is 1. The molecule has 0 bridgehead atoms. The van der Waals surface area contributed by atoms with Crippen LogP contribution in [-0.4, -0.2) is 29.0 Å². The molecule has 0 unspecified atom stereocenters. The lowest BCUT2D eigenvalue weighted by Crippen LogP contribution is -2.40. The van der Waals surface area contributed by atoms with Crippen LogP contribution in [0.1, 0.15) is 35.1 Å². The van der Waals surface area contributed by atoms with Gasteiger partial charge in [-0.15, -0.1) is 0 Å². The van der Waals surface area contributed by atoms with E-state index in [0.717, 1.165) is 34.8 Å².